The van der Waals surface area contributed by atoms with Crippen molar-refractivity contribution in [1.82, 2.24) is 9.80 Å². The highest BCUT2D eigenvalue weighted by molar-refractivity contribution is 6.42. The van der Waals surface area contributed by atoms with Crippen LogP contribution in [0.4, 0.5) is 0 Å². The van der Waals surface area contributed by atoms with E-state index in [1.165, 1.54) is 18.6 Å². The Morgan fingerprint density at radius 3 is 2.27 bits per heavy atom. The van der Waals surface area contributed by atoms with Crippen LogP contribution in [0.2, 0.25) is 10.0 Å². The number of halogens is 2. The second-order valence-corrected chi connectivity index (χ2v) is 6.80. The number of piperidine rings is 1. The van der Waals surface area contributed by atoms with Gasteiger partial charge in [0.2, 0.25) is 12.3 Å². The second kappa shape index (κ2) is 12.0. The van der Waals surface area contributed by atoms with Gasteiger partial charge in [-0.3, -0.25) is 9.59 Å². The number of aromatic hydroxyl groups is 1. The Morgan fingerprint density at radius 1 is 1.08 bits per heavy atom. The fourth-order valence-electron chi connectivity index (χ4n) is 2.99. The van der Waals surface area contributed by atoms with Crippen LogP contribution in [-0.4, -0.2) is 52.9 Å². The first-order valence-corrected chi connectivity index (χ1v) is 9.92. The third-order valence-electron chi connectivity index (χ3n) is 4.29. The highest BCUT2D eigenvalue weighted by atomic mass is 35.5. The number of carbonyl (C=O) groups excluding carboxylic acids is 2. The predicted octanol–water partition coefficient (Wildman–Crippen LogP) is 4.34. The van der Waals surface area contributed by atoms with Crippen molar-refractivity contribution in [1.29, 1.82) is 0 Å². The lowest BCUT2D eigenvalue weighted by Gasteiger charge is -2.31. The molecule has 1 aromatic carbocycles. The number of amides is 2. The SMILES string of the molecule is CC.O=CN1CCC[C@H]1C(=O)N1CCCCC1.Oc1ccc(Cl)c(Cl)c1. The van der Waals surface area contributed by atoms with Crippen molar-refractivity contribution in [2.45, 2.75) is 52.0 Å². The van der Waals surface area contributed by atoms with Gasteiger partial charge < -0.3 is 14.9 Å². The Bertz CT molecular complexity index is 578. The number of nitrogens with zero attached hydrogens (tertiary/aromatic N) is 2. The van der Waals surface area contributed by atoms with Crippen LogP contribution < -0.4 is 0 Å². The van der Waals surface area contributed by atoms with E-state index in [9.17, 15) is 9.59 Å². The Morgan fingerprint density at radius 2 is 1.73 bits per heavy atom. The van der Waals surface area contributed by atoms with Gasteiger partial charge in [-0.25, -0.2) is 0 Å². The van der Waals surface area contributed by atoms with E-state index in [-0.39, 0.29) is 17.7 Å². The topological polar surface area (TPSA) is 60.9 Å². The lowest BCUT2D eigenvalue weighted by atomic mass is 10.1. The van der Waals surface area contributed by atoms with Gasteiger partial charge in [-0.2, -0.15) is 0 Å². The van der Waals surface area contributed by atoms with E-state index in [4.69, 9.17) is 28.3 Å². The van der Waals surface area contributed by atoms with E-state index in [1.54, 1.807) is 11.0 Å². The van der Waals surface area contributed by atoms with Crippen LogP contribution >= 0.6 is 23.2 Å². The summed E-state index contributed by atoms with van der Waals surface area (Å²) in [5.41, 5.74) is 0. The summed E-state index contributed by atoms with van der Waals surface area (Å²) in [6, 6.07) is 4.25. The van der Waals surface area contributed by atoms with Crippen molar-refractivity contribution in [3.63, 3.8) is 0 Å². The first-order valence-electron chi connectivity index (χ1n) is 9.17. The summed E-state index contributed by atoms with van der Waals surface area (Å²) in [6.45, 7) is 6.50. The molecule has 0 unspecified atom stereocenters. The minimum atomic E-state index is -0.166. The number of carbonyl (C=O) groups is 2. The van der Waals surface area contributed by atoms with Crippen LogP contribution in [-0.2, 0) is 9.59 Å². The third kappa shape index (κ3) is 6.69. The Hall–Kier alpha value is -1.46. The van der Waals surface area contributed by atoms with Crippen molar-refractivity contribution < 1.29 is 14.7 Å². The van der Waals surface area contributed by atoms with Gasteiger partial charge in [-0.15, -0.1) is 0 Å². The molecule has 0 aliphatic carbocycles. The summed E-state index contributed by atoms with van der Waals surface area (Å²) in [7, 11) is 0. The molecule has 1 aromatic rings. The maximum absolute atomic E-state index is 12.1. The summed E-state index contributed by atoms with van der Waals surface area (Å²) in [5, 5.41) is 9.62. The van der Waals surface area contributed by atoms with Crippen LogP contribution in [0.5, 0.6) is 5.75 Å². The fourth-order valence-corrected chi connectivity index (χ4v) is 3.28. The van der Waals surface area contributed by atoms with Gasteiger partial charge in [0.25, 0.3) is 0 Å². The summed E-state index contributed by atoms with van der Waals surface area (Å²) in [5.74, 6) is 0.295. The van der Waals surface area contributed by atoms with Gasteiger partial charge in [0.1, 0.15) is 11.8 Å². The van der Waals surface area contributed by atoms with E-state index in [0.29, 0.717) is 10.0 Å². The number of rotatable bonds is 2. The number of hydrogen-bond acceptors (Lipinski definition) is 3. The normalized spacial score (nSPS) is 19.0. The van der Waals surface area contributed by atoms with E-state index < -0.39 is 0 Å². The highest BCUT2D eigenvalue weighted by Crippen LogP contribution is 2.25. The molecule has 2 saturated heterocycles. The molecule has 146 valence electrons. The van der Waals surface area contributed by atoms with Gasteiger partial charge in [0.15, 0.2) is 0 Å². The van der Waals surface area contributed by atoms with E-state index in [1.807, 2.05) is 18.7 Å². The molecule has 0 saturated carbocycles. The standard InChI is InChI=1S/C11H18N2O2.C6H4Cl2O.C2H6/c14-9-13-8-4-5-10(13)11(15)12-6-2-1-3-7-12;7-5-2-1-4(9)3-6(5)8;1-2/h9-10H,1-8H2;1-3,9H;1-2H3/t10-;;/m0../s1. The molecule has 3 rings (SSSR count). The van der Waals surface area contributed by atoms with Crippen LogP contribution in [0.1, 0.15) is 46.0 Å². The molecule has 0 aromatic heterocycles. The van der Waals surface area contributed by atoms with Crippen LogP contribution in [0.3, 0.4) is 0 Å². The fraction of sp³-hybridized carbons (Fsp3) is 0.579. The zero-order valence-corrected chi connectivity index (χ0v) is 17.0. The van der Waals surface area contributed by atoms with E-state index in [0.717, 1.165) is 51.7 Å². The van der Waals surface area contributed by atoms with Gasteiger partial charge in [-0.05, 0) is 50.3 Å². The van der Waals surface area contributed by atoms with E-state index in [2.05, 4.69) is 0 Å². The maximum atomic E-state index is 12.1. The molecule has 2 fully saturated rings. The molecule has 0 spiro atoms. The minimum Gasteiger partial charge on any atom is -0.508 e. The molecule has 2 heterocycles. The number of likely N-dealkylation sites (tertiary alicyclic amines) is 2. The minimum absolute atomic E-state index is 0.129. The highest BCUT2D eigenvalue weighted by Gasteiger charge is 2.33. The molecule has 1 atom stereocenters. The molecule has 0 bridgehead atoms. The molecule has 5 nitrogen and oxygen atoms in total. The van der Waals surface area contributed by atoms with Gasteiger partial charge in [0.05, 0.1) is 10.0 Å². The predicted molar refractivity (Wildman–Crippen MR) is 106 cm³/mol. The molecule has 2 amide bonds. The average Bonchev–Trinajstić information content (AvgIpc) is 3.16. The van der Waals surface area contributed by atoms with Crippen molar-refractivity contribution in [2.24, 2.45) is 0 Å². The number of phenols is 1. The second-order valence-electron chi connectivity index (χ2n) is 5.99. The quantitative estimate of drug-likeness (QED) is 0.747. The summed E-state index contributed by atoms with van der Waals surface area (Å²) < 4.78 is 0. The van der Waals surface area contributed by atoms with E-state index >= 15 is 0 Å². The largest absolute Gasteiger partial charge is 0.508 e. The number of hydrogen-bond donors (Lipinski definition) is 1. The molecule has 26 heavy (non-hydrogen) atoms. The summed E-state index contributed by atoms with van der Waals surface area (Å²) >= 11 is 11.1. The molecular formula is C19H28Cl2N2O3. The Kier molecular flexibility index (Phi) is 10.4. The first-order chi connectivity index (χ1) is 12.5. The Labute approximate surface area is 165 Å². The molecular weight excluding hydrogens is 375 g/mol. The number of benzene rings is 1. The maximum Gasteiger partial charge on any atom is 0.245 e. The van der Waals surface area contributed by atoms with Crippen LogP contribution in [0.15, 0.2) is 18.2 Å². The van der Waals surface area contributed by atoms with Crippen molar-refractivity contribution in [3.8, 4) is 5.75 Å². The average molecular weight is 403 g/mol. The summed E-state index contributed by atoms with van der Waals surface area (Å²) in [4.78, 5) is 26.4. The van der Waals surface area contributed by atoms with Crippen LogP contribution in [0, 0.1) is 0 Å². The van der Waals surface area contributed by atoms with Crippen molar-refractivity contribution in [2.75, 3.05) is 19.6 Å². The zero-order valence-electron chi connectivity index (χ0n) is 15.5. The zero-order chi connectivity index (χ0) is 19.5. The van der Waals surface area contributed by atoms with Gasteiger partial charge in [-0.1, -0.05) is 37.0 Å². The molecule has 1 N–H and O–H groups in total. The van der Waals surface area contributed by atoms with Gasteiger partial charge >= 0.3 is 0 Å². The smallest absolute Gasteiger partial charge is 0.245 e. The van der Waals surface area contributed by atoms with Crippen molar-refractivity contribution >= 4 is 35.5 Å². The molecule has 2 aliphatic rings. The third-order valence-corrected chi connectivity index (χ3v) is 5.02. The van der Waals surface area contributed by atoms with Crippen LogP contribution in [0.25, 0.3) is 0 Å². The summed E-state index contributed by atoms with van der Waals surface area (Å²) in [6.07, 6.45) is 6.07. The molecule has 0 radical (unpaired) electrons. The Balaban J connectivity index is 0.000000263. The van der Waals surface area contributed by atoms with Gasteiger partial charge in [0, 0.05) is 19.6 Å². The molecule has 2 aliphatic heterocycles. The first kappa shape index (κ1) is 22.6. The van der Waals surface area contributed by atoms with Crippen molar-refractivity contribution in [3.05, 3.63) is 28.2 Å². The number of phenolic OH excluding ortho intramolecular Hbond substituents is 1. The lowest BCUT2D eigenvalue weighted by molar-refractivity contribution is -0.140. The lowest BCUT2D eigenvalue weighted by Crippen LogP contribution is -2.47. The monoisotopic (exact) mass is 402 g/mol. The molecule has 7 heteroatoms.